The van der Waals surface area contributed by atoms with E-state index in [9.17, 15) is 28.1 Å². The van der Waals surface area contributed by atoms with E-state index in [-0.39, 0.29) is 43.1 Å². The minimum atomic E-state index is -3.65. The molecule has 1 amide bonds. The number of hydrogen-bond acceptors (Lipinski definition) is 10. The highest BCUT2D eigenvalue weighted by atomic mass is 35.5. The van der Waals surface area contributed by atoms with Gasteiger partial charge in [-0.05, 0) is 44.4 Å². The van der Waals surface area contributed by atoms with E-state index in [4.69, 9.17) is 31.5 Å². The highest BCUT2D eigenvalue weighted by Crippen LogP contribution is 2.35. The summed E-state index contributed by atoms with van der Waals surface area (Å²) in [6, 6.07) is 8.00. The number of carboxylic acids is 1. The molecule has 0 bridgehead atoms. The third-order valence-electron chi connectivity index (χ3n) is 7.79. The van der Waals surface area contributed by atoms with Gasteiger partial charge >= 0.3 is 11.9 Å². The highest BCUT2D eigenvalue weighted by molar-refractivity contribution is 7.92. The third-order valence-corrected chi connectivity index (χ3v) is 8.62. The number of carbonyl (C=O) groups excluding carboxylic acids is 2. The maximum atomic E-state index is 13.9. The number of amides is 1. The second-order valence-corrected chi connectivity index (χ2v) is 13.4. The number of halogens is 1. The molecule has 0 radical (unpaired) electrons. The molecule has 0 spiro atoms. The number of benzene rings is 1. The second kappa shape index (κ2) is 12.9. The van der Waals surface area contributed by atoms with Crippen molar-refractivity contribution in [3.63, 3.8) is 0 Å². The summed E-state index contributed by atoms with van der Waals surface area (Å²) in [6.45, 7) is 2.78. The number of nitrogens with zero attached hydrogens (tertiary/aromatic N) is 6. The number of carbonyl (C=O) groups is 3. The molecule has 3 atom stereocenters. The minimum absolute atomic E-state index is 0.138. The van der Waals surface area contributed by atoms with E-state index in [1.807, 2.05) is 11.8 Å². The molecule has 2 fully saturated rings. The molecule has 14 nitrogen and oxygen atoms in total. The molecule has 4 heterocycles. The Labute approximate surface area is 264 Å². The minimum Gasteiger partial charge on any atom is -0.481 e. The van der Waals surface area contributed by atoms with Crippen LogP contribution < -0.4 is 9.62 Å². The van der Waals surface area contributed by atoms with Gasteiger partial charge in [-0.15, -0.1) is 0 Å². The SMILES string of the molecule is Cc1cn2nc([C@@H]3CCCCN3C(=O)c3cc(Cl)ccc3NS(C)(=O)=O)cc2nc1N1C[C@@H](C#N)[C@@H](OC(=O)CCC(=O)O)C1. The van der Waals surface area contributed by atoms with Crippen LogP contribution >= 0.6 is 11.6 Å². The predicted octanol–water partition coefficient (Wildman–Crippen LogP) is 3.17. The molecular formula is C29H32ClN7O7S. The molecule has 3 aromatic rings. The van der Waals surface area contributed by atoms with Crippen LogP contribution in [0.4, 0.5) is 11.5 Å². The number of anilines is 2. The number of esters is 1. The molecule has 0 saturated carbocycles. The smallest absolute Gasteiger partial charge is 0.306 e. The maximum Gasteiger partial charge on any atom is 0.306 e. The number of rotatable bonds is 9. The standard InChI is InChI=1S/C29H32ClN7O7S/c1-17-14-37-25(32-28(17)35-15-18(13-31)24(16-35)44-27(40)9-8-26(38)39)12-22(33-37)23-5-3-4-10-36(23)29(41)20-11-19(30)6-7-21(20)34-45(2,42)43/h6-7,11-12,14,18,23-24,34H,3-5,8-10,15-16H2,1-2H3,(H,38,39)/t18-,23+,24+/m1/s1. The molecule has 2 saturated heterocycles. The molecule has 2 aromatic heterocycles. The molecule has 2 aliphatic rings. The molecule has 238 valence electrons. The maximum absolute atomic E-state index is 13.9. The first-order valence-corrected chi connectivity index (χ1v) is 16.6. The summed E-state index contributed by atoms with van der Waals surface area (Å²) in [5.74, 6) is -2.19. The van der Waals surface area contributed by atoms with Gasteiger partial charge in [-0.2, -0.15) is 10.4 Å². The molecule has 2 N–H and O–H groups in total. The predicted molar refractivity (Wildman–Crippen MR) is 163 cm³/mol. The van der Waals surface area contributed by atoms with Crippen LogP contribution in [-0.4, -0.2) is 82.9 Å². The van der Waals surface area contributed by atoms with Gasteiger partial charge in [-0.3, -0.25) is 19.1 Å². The van der Waals surface area contributed by atoms with Crippen LogP contribution in [-0.2, 0) is 24.3 Å². The van der Waals surface area contributed by atoms with Crippen molar-refractivity contribution in [1.29, 1.82) is 5.26 Å². The van der Waals surface area contributed by atoms with Crippen molar-refractivity contribution in [3.8, 4) is 6.07 Å². The number of nitrogens with one attached hydrogen (secondary N) is 1. The normalized spacial score (nSPS) is 20.2. The summed E-state index contributed by atoms with van der Waals surface area (Å²) in [7, 11) is -3.65. The third kappa shape index (κ3) is 7.29. The van der Waals surface area contributed by atoms with Crippen LogP contribution in [0.1, 0.15) is 59.8 Å². The largest absolute Gasteiger partial charge is 0.481 e. The van der Waals surface area contributed by atoms with E-state index >= 15 is 0 Å². The van der Waals surface area contributed by atoms with Crippen molar-refractivity contribution in [1.82, 2.24) is 19.5 Å². The lowest BCUT2D eigenvalue weighted by molar-refractivity contribution is -0.152. The number of piperidine rings is 1. The van der Waals surface area contributed by atoms with Gasteiger partial charge in [-0.1, -0.05) is 11.6 Å². The number of carboxylic acid groups (broad SMARTS) is 1. The molecule has 5 rings (SSSR count). The Balaban J connectivity index is 1.40. The molecule has 2 aliphatic heterocycles. The Hall–Kier alpha value is -4.42. The van der Waals surface area contributed by atoms with Gasteiger partial charge in [0.1, 0.15) is 17.8 Å². The lowest BCUT2D eigenvalue weighted by Crippen LogP contribution is -2.39. The van der Waals surface area contributed by atoms with E-state index in [1.165, 1.54) is 18.2 Å². The van der Waals surface area contributed by atoms with Gasteiger partial charge in [0.15, 0.2) is 5.65 Å². The fourth-order valence-electron chi connectivity index (χ4n) is 5.75. The number of aliphatic carboxylic acids is 1. The monoisotopic (exact) mass is 657 g/mol. The lowest BCUT2D eigenvalue weighted by atomic mass is 9.98. The number of hydrogen-bond donors (Lipinski definition) is 2. The van der Waals surface area contributed by atoms with Crippen LogP contribution in [0.15, 0.2) is 30.5 Å². The lowest BCUT2D eigenvalue weighted by Gasteiger charge is -2.35. The number of aromatic nitrogens is 3. The fourth-order valence-corrected chi connectivity index (χ4v) is 6.50. The number of aryl methyl sites for hydroxylation is 1. The zero-order chi connectivity index (χ0) is 32.5. The van der Waals surface area contributed by atoms with Crippen LogP contribution in [0.25, 0.3) is 5.65 Å². The number of sulfonamides is 1. The van der Waals surface area contributed by atoms with E-state index < -0.39 is 40.0 Å². The summed E-state index contributed by atoms with van der Waals surface area (Å²) in [5.41, 5.74) is 2.17. The van der Waals surface area contributed by atoms with Crippen molar-refractivity contribution in [2.75, 3.05) is 35.5 Å². The zero-order valence-corrected chi connectivity index (χ0v) is 26.2. The topological polar surface area (TPSA) is 187 Å². The molecule has 45 heavy (non-hydrogen) atoms. The molecule has 0 aliphatic carbocycles. The number of fused-ring (bicyclic) bond motifs is 1. The number of nitriles is 1. The van der Waals surface area contributed by atoms with E-state index in [0.29, 0.717) is 35.1 Å². The quantitative estimate of drug-likeness (QED) is 0.322. The summed E-state index contributed by atoms with van der Waals surface area (Å²) in [6.07, 6.45) is 3.72. The van der Waals surface area contributed by atoms with Crippen molar-refractivity contribution in [2.24, 2.45) is 5.92 Å². The van der Waals surface area contributed by atoms with Crippen LogP contribution in [0.5, 0.6) is 0 Å². The van der Waals surface area contributed by atoms with Gasteiger partial charge in [0.25, 0.3) is 5.91 Å². The highest BCUT2D eigenvalue weighted by Gasteiger charge is 2.38. The van der Waals surface area contributed by atoms with Gasteiger partial charge in [0.2, 0.25) is 10.0 Å². The summed E-state index contributed by atoms with van der Waals surface area (Å²) >= 11 is 6.20. The molecular weight excluding hydrogens is 626 g/mol. The molecule has 1 aromatic carbocycles. The van der Waals surface area contributed by atoms with Crippen molar-refractivity contribution < 1.29 is 32.6 Å². The average molecular weight is 658 g/mol. The Morgan fingerprint density at radius 1 is 1.20 bits per heavy atom. The van der Waals surface area contributed by atoms with Gasteiger partial charge < -0.3 is 19.6 Å². The van der Waals surface area contributed by atoms with Crippen molar-refractivity contribution >= 4 is 56.6 Å². The first kappa shape index (κ1) is 32.0. The first-order chi connectivity index (χ1) is 21.3. The van der Waals surface area contributed by atoms with Gasteiger partial charge in [0, 0.05) is 35.9 Å². The van der Waals surface area contributed by atoms with Crippen molar-refractivity contribution in [3.05, 3.63) is 52.3 Å². The summed E-state index contributed by atoms with van der Waals surface area (Å²) in [4.78, 5) is 45.2. The number of likely N-dealkylation sites (tertiary alicyclic amines) is 1. The van der Waals surface area contributed by atoms with Crippen LogP contribution in [0, 0.1) is 24.2 Å². The van der Waals surface area contributed by atoms with Gasteiger partial charge in [-0.25, -0.2) is 17.9 Å². The average Bonchev–Trinajstić information content (AvgIpc) is 3.58. The van der Waals surface area contributed by atoms with E-state index in [0.717, 1.165) is 24.7 Å². The second-order valence-electron chi connectivity index (χ2n) is 11.3. The Morgan fingerprint density at radius 2 is 1.98 bits per heavy atom. The van der Waals surface area contributed by atoms with E-state index in [2.05, 4.69) is 10.8 Å². The fraction of sp³-hybridized carbons (Fsp3) is 0.448. The molecule has 16 heteroatoms. The Bertz CT molecular complexity index is 1810. The summed E-state index contributed by atoms with van der Waals surface area (Å²) in [5, 5.41) is 23.6. The van der Waals surface area contributed by atoms with Gasteiger partial charge in [0.05, 0.1) is 54.7 Å². The van der Waals surface area contributed by atoms with Crippen molar-refractivity contribution in [2.45, 2.75) is 51.2 Å². The summed E-state index contributed by atoms with van der Waals surface area (Å²) < 4.78 is 33.4. The number of ether oxygens (including phenoxy) is 1. The van der Waals surface area contributed by atoms with E-state index in [1.54, 1.807) is 21.7 Å². The zero-order valence-electron chi connectivity index (χ0n) is 24.6. The first-order valence-electron chi connectivity index (χ1n) is 14.3. The Morgan fingerprint density at radius 3 is 2.69 bits per heavy atom. The van der Waals surface area contributed by atoms with Crippen LogP contribution in [0.3, 0.4) is 0 Å². The van der Waals surface area contributed by atoms with Crippen LogP contribution in [0.2, 0.25) is 5.02 Å². The Kier molecular flexibility index (Phi) is 9.17. The molecule has 0 unspecified atom stereocenters.